The van der Waals surface area contributed by atoms with E-state index in [1.165, 1.54) is 0 Å². The Hall–Kier alpha value is -2.41. The Kier molecular flexibility index (Phi) is 4.77. The van der Waals surface area contributed by atoms with Gasteiger partial charge in [-0.3, -0.25) is 15.0 Å². The van der Waals surface area contributed by atoms with E-state index in [4.69, 9.17) is 4.74 Å². The van der Waals surface area contributed by atoms with Gasteiger partial charge < -0.3 is 4.74 Å². The van der Waals surface area contributed by atoms with Gasteiger partial charge in [0.2, 0.25) is 0 Å². The molecule has 0 aliphatic rings. The average molecular weight is 304 g/mol. The van der Waals surface area contributed by atoms with Crippen molar-refractivity contribution in [3.05, 3.63) is 51.3 Å². The summed E-state index contributed by atoms with van der Waals surface area (Å²) >= 11 is 0. The molecule has 0 saturated heterocycles. The van der Waals surface area contributed by atoms with Gasteiger partial charge in [0.25, 0.3) is 0 Å². The highest BCUT2D eigenvalue weighted by Crippen LogP contribution is 2.22. The molecule has 2 aromatic rings. The number of hydrogen-bond acceptors (Lipinski definition) is 5. The molecule has 118 valence electrons. The molecule has 0 N–H and O–H groups in total. The van der Waals surface area contributed by atoms with E-state index in [0.717, 1.165) is 17.9 Å². The minimum absolute atomic E-state index is 0.0952. The van der Waals surface area contributed by atoms with Crippen molar-refractivity contribution in [2.75, 3.05) is 14.2 Å². The lowest BCUT2D eigenvalue weighted by Gasteiger charge is -2.17. The summed E-state index contributed by atoms with van der Waals surface area (Å²) in [6.07, 6.45) is 0. The van der Waals surface area contributed by atoms with Crippen LogP contribution in [0.4, 0.5) is 5.69 Å². The van der Waals surface area contributed by atoms with Crippen LogP contribution in [0.1, 0.15) is 17.0 Å². The highest BCUT2D eigenvalue weighted by molar-refractivity contribution is 5.39. The Balaban J connectivity index is 2.07. The second-order valence-electron chi connectivity index (χ2n) is 5.28. The number of benzene rings is 1. The molecule has 0 atom stereocenters. The van der Waals surface area contributed by atoms with Gasteiger partial charge in [-0.05, 0) is 38.6 Å². The summed E-state index contributed by atoms with van der Waals surface area (Å²) in [6.45, 7) is 4.59. The maximum atomic E-state index is 11.0. The number of rotatable bonds is 6. The van der Waals surface area contributed by atoms with Crippen LogP contribution in [0.3, 0.4) is 0 Å². The van der Waals surface area contributed by atoms with E-state index in [0.29, 0.717) is 18.1 Å². The molecule has 7 heteroatoms. The third-order valence-electron chi connectivity index (χ3n) is 3.51. The minimum atomic E-state index is -0.377. The van der Waals surface area contributed by atoms with Gasteiger partial charge in [-0.2, -0.15) is 5.10 Å². The molecule has 1 aromatic heterocycles. The molecule has 0 aliphatic carbocycles. The van der Waals surface area contributed by atoms with E-state index in [1.807, 2.05) is 36.2 Å². The molecule has 1 heterocycles. The first-order chi connectivity index (χ1) is 10.4. The fraction of sp³-hybridized carbons (Fsp3) is 0.400. The van der Waals surface area contributed by atoms with Crippen molar-refractivity contribution in [3.63, 3.8) is 0 Å². The van der Waals surface area contributed by atoms with Gasteiger partial charge in [0.1, 0.15) is 17.1 Å². The zero-order valence-electron chi connectivity index (χ0n) is 13.2. The molecular weight excluding hydrogens is 284 g/mol. The quantitative estimate of drug-likeness (QED) is 0.605. The Morgan fingerprint density at radius 1 is 1.32 bits per heavy atom. The molecule has 22 heavy (non-hydrogen) atoms. The van der Waals surface area contributed by atoms with E-state index >= 15 is 0 Å². The maximum absolute atomic E-state index is 11.0. The van der Waals surface area contributed by atoms with Crippen molar-refractivity contribution >= 4 is 5.69 Å². The molecule has 2 rings (SSSR count). The van der Waals surface area contributed by atoms with Crippen LogP contribution in [-0.2, 0) is 13.2 Å². The largest absolute Gasteiger partial charge is 0.497 e. The number of aryl methyl sites for hydroxylation is 1. The van der Waals surface area contributed by atoms with E-state index in [2.05, 4.69) is 5.10 Å². The Bertz CT molecular complexity index is 664. The van der Waals surface area contributed by atoms with Crippen LogP contribution < -0.4 is 4.74 Å². The Morgan fingerprint density at radius 3 is 2.45 bits per heavy atom. The van der Waals surface area contributed by atoms with Gasteiger partial charge in [-0.1, -0.05) is 12.1 Å². The second-order valence-corrected chi connectivity index (χ2v) is 5.28. The third kappa shape index (κ3) is 3.43. The molecule has 0 bridgehead atoms. The predicted molar refractivity (Wildman–Crippen MR) is 82.8 cm³/mol. The summed E-state index contributed by atoms with van der Waals surface area (Å²) in [5, 5.41) is 15.3. The zero-order valence-corrected chi connectivity index (χ0v) is 13.2. The molecular formula is C15H20N4O3. The number of aromatic nitrogens is 2. The number of nitro groups is 1. The topological polar surface area (TPSA) is 73.4 Å². The van der Waals surface area contributed by atoms with E-state index < -0.39 is 0 Å². The monoisotopic (exact) mass is 304 g/mol. The summed E-state index contributed by atoms with van der Waals surface area (Å²) in [5.74, 6) is 0.820. The average Bonchev–Trinajstić information content (AvgIpc) is 2.74. The van der Waals surface area contributed by atoms with E-state index in [9.17, 15) is 10.1 Å². The fourth-order valence-electron chi connectivity index (χ4n) is 2.41. The van der Waals surface area contributed by atoms with Crippen LogP contribution in [0.5, 0.6) is 5.75 Å². The molecule has 0 unspecified atom stereocenters. The fourth-order valence-corrected chi connectivity index (χ4v) is 2.41. The first-order valence-corrected chi connectivity index (χ1v) is 6.92. The lowest BCUT2D eigenvalue weighted by Crippen LogP contribution is -2.23. The third-order valence-corrected chi connectivity index (χ3v) is 3.51. The van der Waals surface area contributed by atoms with Gasteiger partial charge in [0.05, 0.1) is 18.7 Å². The Morgan fingerprint density at radius 2 is 1.95 bits per heavy atom. The van der Waals surface area contributed by atoms with Crippen molar-refractivity contribution in [2.45, 2.75) is 27.1 Å². The molecule has 7 nitrogen and oxygen atoms in total. The molecule has 0 spiro atoms. The van der Waals surface area contributed by atoms with Crippen LogP contribution in [0.15, 0.2) is 24.3 Å². The second kappa shape index (κ2) is 6.57. The lowest BCUT2D eigenvalue weighted by atomic mass is 10.2. The van der Waals surface area contributed by atoms with Gasteiger partial charge in [-0.25, -0.2) is 4.68 Å². The van der Waals surface area contributed by atoms with Crippen LogP contribution in [0, 0.1) is 24.0 Å². The van der Waals surface area contributed by atoms with Crippen molar-refractivity contribution in [3.8, 4) is 5.75 Å². The van der Waals surface area contributed by atoms with Crippen molar-refractivity contribution in [1.29, 1.82) is 0 Å². The van der Waals surface area contributed by atoms with E-state index in [1.54, 1.807) is 25.6 Å². The number of ether oxygens (including phenoxy) is 1. The molecule has 0 aliphatic heterocycles. The summed E-state index contributed by atoms with van der Waals surface area (Å²) in [4.78, 5) is 12.7. The number of nitrogens with zero attached hydrogens (tertiary/aromatic N) is 4. The molecule has 0 saturated carbocycles. The number of hydrogen-bond donors (Lipinski definition) is 0. The van der Waals surface area contributed by atoms with E-state index in [-0.39, 0.29) is 10.6 Å². The SMILES string of the molecule is COc1ccc(CN(C)Cn2nc(C)c([N+](=O)[O-])c2C)cc1. The standard InChI is InChI=1S/C15H20N4O3/c1-11-15(19(20)21)12(2)18(16-11)10-17(3)9-13-5-7-14(22-4)8-6-13/h5-8H,9-10H2,1-4H3. The normalized spacial score (nSPS) is 11.0. The first-order valence-electron chi connectivity index (χ1n) is 6.92. The van der Waals surface area contributed by atoms with Gasteiger partial charge in [0.15, 0.2) is 0 Å². The summed E-state index contributed by atoms with van der Waals surface area (Å²) in [5.41, 5.74) is 2.25. The molecule has 0 fully saturated rings. The van der Waals surface area contributed by atoms with Crippen LogP contribution in [-0.4, -0.2) is 33.8 Å². The maximum Gasteiger partial charge on any atom is 0.312 e. The van der Waals surface area contributed by atoms with Crippen LogP contribution in [0.25, 0.3) is 0 Å². The van der Waals surface area contributed by atoms with Crippen LogP contribution >= 0.6 is 0 Å². The predicted octanol–water partition coefficient (Wildman–Crippen LogP) is 2.51. The summed E-state index contributed by atoms with van der Waals surface area (Å²) < 4.78 is 6.80. The highest BCUT2D eigenvalue weighted by atomic mass is 16.6. The molecule has 1 aromatic carbocycles. The van der Waals surface area contributed by atoms with Crippen molar-refractivity contribution < 1.29 is 9.66 Å². The zero-order chi connectivity index (χ0) is 16.3. The molecule has 0 amide bonds. The van der Waals surface area contributed by atoms with Crippen LogP contribution in [0.2, 0.25) is 0 Å². The van der Waals surface area contributed by atoms with Gasteiger partial charge in [0, 0.05) is 6.54 Å². The molecule has 0 radical (unpaired) electrons. The Labute approximate surface area is 129 Å². The first kappa shape index (κ1) is 16.0. The van der Waals surface area contributed by atoms with Gasteiger partial charge in [-0.15, -0.1) is 0 Å². The minimum Gasteiger partial charge on any atom is -0.497 e. The summed E-state index contributed by atoms with van der Waals surface area (Å²) in [6, 6.07) is 7.83. The summed E-state index contributed by atoms with van der Waals surface area (Å²) in [7, 11) is 3.59. The van der Waals surface area contributed by atoms with Crippen molar-refractivity contribution in [2.24, 2.45) is 0 Å². The lowest BCUT2D eigenvalue weighted by molar-refractivity contribution is -0.386. The van der Waals surface area contributed by atoms with Gasteiger partial charge >= 0.3 is 5.69 Å². The highest BCUT2D eigenvalue weighted by Gasteiger charge is 2.22. The number of methoxy groups -OCH3 is 1. The smallest absolute Gasteiger partial charge is 0.312 e. The van der Waals surface area contributed by atoms with Crippen molar-refractivity contribution in [1.82, 2.24) is 14.7 Å².